The molecule has 6 unspecified atom stereocenters. The molecular weight excluding hydrogens is 797 g/mol. The van der Waals surface area contributed by atoms with Crippen molar-refractivity contribution in [3.8, 4) is 0 Å². The maximum atomic E-state index is 13.9. The standard InChI is InChI=1S/C39H62N12O8S/c1-22(2)16-29(49-34(54)27(12-9-14-44-39(41)42)47-31(52)20-45-33(53)26(40)18-25-19-43-21-46-25)36(56)51-32(23(3)4)37(57)50-30(17-24-10-7-6-8-11-24)35(55)48-28(38(58)59)13-15-60-5/h6-8,10-11,19,21-23,26-30,32H,9,12-18,20,40H2,1-5H3,(H,43,46)(H,45,53)(H,47,52)(H,48,55)(H,49,54)(H,50,57)(H,51,56)(H,58,59)(H4,41,42,44). The van der Waals surface area contributed by atoms with Crippen LogP contribution in [0.15, 0.2) is 47.8 Å². The number of aromatic amines is 1. The van der Waals surface area contributed by atoms with Crippen LogP contribution in [0.1, 0.15) is 64.6 Å². The van der Waals surface area contributed by atoms with Crippen LogP contribution in [0.4, 0.5) is 0 Å². The van der Waals surface area contributed by atoms with Gasteiger partial charge in [0.1, 0.15) is 30.2 Å². The molecular formula is C39H62N12O8S. The van der Waals surface area contributed by atoms with Crippen molar-refractivity contribution in [3.63, 3.8) is 0 Å². The van der Waals surface area contributed by atoms with Gasteiger partial charge in [-0.05, 0) is 55.1 Å². The minimum Gasteiger partial charge on any atom is -0.480 e. The molecule has 14 N–H and O–H groups in total. The van der Waals surface area contributed by atoms with Crippen LogP contribution in [0.2, 0.25) is 0 Å². The van der Waals surface area contributed by atoms with E-state index >= 15 is 0 Å². The van der Waals surface area contributed by atoms with E-state index in [1.165, 1.54) is 24.3 Å². The van der Waals surface area contributed by atoms with Gasteiger partial charge in [0.15, 0.2) is 5.96 Å². The fourth-order valence-corrected chi connectivity index (χ4v) is 6.36. The topological polar surface area (TPSA) is 331 Å². The van der Waals surface area contributed by atoms with Crippen LogP contribution < -0.4 is 49.1 Å². The van der Waals surface area contributed by atoms with Crippen LogP contribution in [0.5, 0.6) is 0 Å². The first-order chi connectivity index (χ1) is 28.4. The number of thioether (sulfide) groups is 1. The predicted octanol–water partition coefficient (Wildman–Crippen LogP) is -1.34. The van der Waals surface area contributed by atoms with Gasteiger partial charge in [-0.2, -0.15) is 11.8 Å². The third-order valence-corrected chi connectivity index (χ3v) is 9.72. The molecule has 0 saturated heterocycles. The number of H-pyrrole nitrogens is 1. The van der Waals surface area contributed by atoms with E-state index in [1.54, 1.807) is 44.2 Å². The number of rotatable bonds is 27. The van der Waals surface area contributed by atoms with Gasteiger partial charge in [0.2, 0.25) is 35.4 Å². The number of carboxylic acid groups (broad SMARTS) is 1. The van der Waals surface area contributed by atoms with Gasteiger partial charge in [0.25, 0.3) is 0 Å². The second kappa shape index (κ2) is 26.4. The Labute approximate surface area is 354 Å². The van der Waals surface area contributed by atoms with E-state index in [0.717, 1.165) is 0 Å². The SMILES string of the molecule is CSCCC(NC(=O)C(Cc1ccccc1)NC(=O)C(NC(=O)C(CC(C)C)NC(=O)C(CCCN=C(N)N)NC(=O)CNC(=O)C(N)Cc1cnc[nH]1)C(C)C)C(=O)O. The van der Waals surface area contributed by atoms with Crippen LogP contribution in [0.25, 0.3) is 0 Å². The highest BCUT2D eigenvalue weighted by Crippen LogP contribution is 2.12. The molecule has 1 aromatic carbocycles. The van der Waals surface area contributed by atoms with Gasteiger partial charge < -0.3 is 59.2 Å². The number of amides is 6. The molecule has 0 saturated carbocycles. The summed E-state index contributed by atoms with van der Waals surface area (Å²) in [7, 11) is 0. The minimum absolute atomic E-state index is 0.0377. The van der Waals surface area contributed by atoms with Crippen LogP contribution in [-0.2, 0) is 46.4 Å². The van der Waals surface area contributed by atoms with Crippen molar-refractivity contribution < 1.29 is 38.7 Å². The Balaban J connectivity index is 2.25. The largest absolute Gasteiger partial charge is 0.480 e. The zero-order valence-electron chi connectivity index (χ0n) is 34.9. The minimum atomic E-state index is -1.21. The van der Waals surface area contributed by atoms with E-state index in [1.807, 2.05) is 20.1 Å². The van der Waals surface area contributed by atoms with Crippen molar-refractivity contribution in [2.24, 2.45) is 34.0 Å². The first-order valence-corrected chi connectivity index (χ1v) is 21.1. The van der Waals surface area contributed by atoms with Gasteiger partial charge in [0, 0.05) is 31.3 Å². The van der Waals surface area contributed by atoms with Gasteiger partial charge in [0.05, 0.1) is 18.9 Å². The molecule has 2 aromatic rings. The summed E-state index contributed by atoms with van der Waals surface area (Å²) in [4.78, 5) is 103. The number of hydrogen-bond donors (Lipinski definition) is 11. The summed E-state index contributed by atoms with van der Waals surface area (Å²) in [6.07, 6.45) is 5.60. The Morgan fingerprint density at radius 3 is 2.02 bits per heavy atom. The first-order valence-electron chi connectivity index (χ1n) is 19.7. The van der Waals surface area contributed by atoms with E-state index in [4.69, 9.17) is 17.2 Å². The summed E-state index contributed by atoms with van der Waals surface area (Å²) in [5.74, 6) is -5.61. The normalized spacial score (nSPS) is 14.1. The highest BCUT2D eigenvalue weighted by atomic mass is 32.2. The number of aliphatic carboxylic acids is 1. The molecule has 0 radical (unpaired) electrons. The first kappa shape index (κ1) is 50.4. The van der Waals surface area contributed by atoms with E-state index in [0.29, 0.717) is 17.0 Å². The molecule has 1 aromatic heterocycles. The van der Waals surface area contributed by atoms with Crippen molar-refractivity contribution in [1.29, 1.82) is 0 Å². The highest BCUT2D eigenvalue weighted by molar-refractivity contribution is 7.98. The number of carboxylic acids is 1. The summed E-state index contributed by atoms with van der Waals surface area (Å²) < 4.78 is 0. The van der Waals surface area contributed by atoms with Crippen molar-refractivity contribution in [2.45, 2.75) is 102 Å². The zero-order chi connectivity index (χ0) is 44.8. The molecule has 0 bridgehead atoms. The van der Waals surface area contributed by atoms with Crippen molar-refractivity contribution in [3.05, 3.63) is 54.1 Å². The average molecular weight is 859 g/mol. The fraction of sp³-hybridized carbons (Fsp3) is 0.564. The molecule has 0 aliphatic heterocycles. The number of aromatic nitrogens is 2. The zero-order valence-corrected chi connectivity index (χ0v) is 35.7. The molecule has 1 heterocycles. The average Bonchev–Trinajstić information content (AvgIpc) is 3.70. The fourth-order valence-electron chi connectivity index (χ4n) is 5.89. The molecule has 6 atom stereocenters. The number of nitrogens with one attached hydrogen (secondary N) is 7. The molecule has 0 spiro atoms. The second-order valence-electron chi connectivity index (χ2n) is 15.0. The molecule has 0 aliphatic rings. The van der Waals surface area contributed by atoms with E-state index < -0.39 is 90.1 Å². The molecule has 332 valence electrons. The number of aliphatic imine (C=N–C) groups is 1. The summed E-state index contributed by atoms with van der Waals surface area (Å²) in [5, 5.41) is 25.5. The Kier molecular flexibility index (Phi) is 22.2. The summed E-state index contributed by atoms with van der Waals surface area (Å²) in [6.45, 7) is 6.71. The van der Waals surface area contributed by atoms with Crippen LogP contribution in [-0.4, -0.2) is 124 Å². The Hall–Kier alpha value is -5.70. The quantitative estimate of drug-likeness (QED) is 0.0282. The number of nitrogens with zero attached hydrogens (tertiary/aromatic N) is 2. The van der Waals surface area contributed by atoms with Crippen LogP contribution in [0, 0.1) is 11.8 Å². The van der Waals surface area contributed by atoms with Crippen LogP contribution >= 0.6 is 11.8 Å². The predicted molar refractivity (Wildman–Crippen MR) is 228 cm³/mol. The third kappa shape index (κ3) is 18.9. The molecule has 6 amide bonds. The number of carbonyl (C=O) groups excluding carboxylic acids is 6. The van der Waals surface area contributed by atoms with Crippen molar-refractivity contribution >= 4 is 59.1 Å². The van der Waals surface area contributed by atoms with E-state index in [2.05, 4.69) is 46.9 Å². The van der Waals surface area contributed by atoms with Crippen LogP contribution in [0.3, 0.4) is 0 Å². The lowest BCUT2D eigenvalue weighted by Gasteiger charge is -2.29. The van der Waals surface area contributed by atoms with E-state index in [9.17, 15) is 38.7 Å². The number of hydrogen-bond acceptors (Lipinski definition) is 11. The maximum absolute atomic E-state index is 13.9. The molecule has 60 heavy (non-hydrogen) atoms. The summed E-state index contributed by atoms with van der Waals surface area (Å²) in [5.41, 5.74) is 18.2. The number of guanidine groups is 1. The van der Waals surface area contributed by atoms with Crippen molar-refractivity contribution in [1.82, 2.24) is 41.9 Å². The van der Waals surface area contributed by atoms with Gasteiger partial charge in [-0.15, -0.1) is 0 Å². The third-order valence-electron chi connectivity index (χ3n) is 9.08. The Morgan fingerprint density at radius 1 is 0.800 bits per heavy atom. The van der Waals surface area contributed by atoms with Gasteiger partial charge in [-0.25, -0.2) is 9.78 Å². The lowest BCUT2D eigenvalue weighted by Crippen LogP contribution is -2.60. The monoisotopic (exact) mass is 858 g/mol. The molecule has 21 heteroatoms. The second-order valence-corrected chi connectivity index (χ2v) is 16.0. The lowest BCUT2D eigenvalue weighted by atomic mass is 9.98. The number of carbonyl (C=O) groups is 7. The van der Waals surface area contributed by atoms with Gasteiger partial charge >= 0.3 is 5.97 Å². The van der Waals surface area contributed by atoms with Crippen molar-refractivity contribution in [2.75, 3.05) is 25.1 Å². The van der Waals surface area contributed by atoms with Gasteiger partial charge in [-0.3, -0.25) is 33.8 Å². The number of imidazole rings is 1. The highest BCUT2D eigenvalue weighted by Gasteiger charge is 2.34. The van der Waals surface area contributed by atoms with E-state index in [-0.39, 0.29) is 56.9 Å². The summed E-state index contributed by atoms with van der Waals surface area (Å²) in [6, 6.07) is 1.98. The molecule has 20 nitrogen and oxygen atoms in total. The molecule has 2 rings (SSSR count). The number of nitrogens with two attached hydrogens (primary N) is 3. The lowest BCUT2D eigenvalue weighted by molar-refractivity contribution is -0.142. The van der Waals surface area contributed by atoms with Gasteiger partial charge in [-0.1, -0.05) is 58.0 Å². The molecule has 0 fully saturated rings. The maximum Gasteiger partial charge on any atom is 0.326 e. The number of benzene rings is 1. The Bertz CT molecular complexity index is 1720. The summed E-state index contributed by atoms with van der Waals surface area (Å²) >= 11 is 1.43. The Morgan fingerprint density at radius 2 is 1.43 bits per heavy atom. The smallest absolute Gasteiger partial charge is 0.326 e. The molecule has 0 aliphatic carbocycles.